The predicted molar refractivity (Wildman–Crippen MR) is 164 cm³/mol. The molecule has 4 aromatic rings. The van der Waals surface area contributed by atoms with Crippen LogP contribution in [0.25, 0.3) is 11.1 Å². The molecule has 10 heteroatoms. The fourth-order valence-electron chi connectivity index (χ4n) is 4.59. The molecule has 1 saturated heterocycles. The van der Waals surface area contributed by atoms with E-state index in [1.807, 2.05) is 47.4 Å². The SMILES string of the molecule is O=C(NCCc1cccnc1)Nc1ccc(-c2ccncc2)c(C#Cc2ccc(S(=O)(=O)CN3CCNCC3)cc2)c1. The van der Waals surface area contributed by atoms with Crippen molar-refractivity contribution >= 4 is 21.6 Å². The molecule has 0 atom stereocenters. The van der Waals surface area contributed by atoms with Crippen LogP contribution in [-0.2, 0) is 16.3 Å². The van der Waals surface area contributed by atoms with Crippen molar-refractivity contribution in [3.05, 3.63) is 108 Å². The van der Waals surface area contributed by atoms with Crippen molar-refractivity contribution in [2.24, 2.45) is 0 Å². The van der Waals surface area contributed by atoms with E-state index in [2.05, 4.69) is 37.8 Å². The van der Waals surface area contributed by atoms with Gasteiger partial charge in [0.2, 0.25) is 0 Å². The monoisotopic (exact) mass is 580 g/mol. The second-order valence-electron chi connectivity index (χ2n) is 9.87. The lowest BCUT2D eigenvalue weighted by atomic mass is 10.00. The summed E-state index contributed by atoms with van der Waals surface area (Å²) in [5.74, 6) is 6.37. The van der Waals surface area contributed by atoms with Gasteiger partial charge in [-0.1, -0.05) is 24.0 Å². The number of amides is 2. The number of rotatable bonds is 8. The zero-order chi connectivity index (χ0) is 29.2. The number of carbonyl (C=O) groups is 1. The molecule has 42 heavy (non-hydrogen) atoms. The van der Waals surface area contributed by atoms with E-state index in [1.54, 1.807) is 49.1 Å². The standard InChI is InChI=1S/C32H32N6O3S/c39-32(36-17-11-26-2-1-14-35-23-26)37-29-7-10-31(27-12-15-33-16-13-27)28(22-29)6-3-25-4-8-30(9-5-25)42(40,41)24-38-20-18-34-19-21-38/h1-2,4-5,7-10,12-16,22-23,34H,11,17-21,24H2,(H2,36,37,39). The van der Waals surface area contributed by atoms with Crippen LogP contribution in [0.3, 0.4) is 0 Å². The molecule has 0 spiro atoms. The van der Waals surface area contributed by atoms with E-state index in [0.29, 0.717) is 42.9 Å². The van der Waals surface area contributed by atoms with E-state index in [9.17, 15) is 13.2 Å². The van der Waals surface area contributed by atoms with Gasteiger partial charge in [0.25, 0.3) is 0 Å². The molecule has 5 rings (SSSR count). The van der Waals surface area contributed by atoms with Crippen molar-refractivity contribution in [3.63, 3.8) is 0 Å². The van der Waals surface area contributed by atoms with E-state index in [-0.39, 0.29) is 16.8 Å². The van der Waals surface area contributed by atoms with Gasteiger partial charge in [-0.25, -0.2) is 13.2 Å². The van der Waals surface area contributed by atoms with Crippen LogP contribution in [0.15, 0.2) is 96.4 Å². The third kappa shape index (κ3) is 8.01. The fraction of sp³-hybridized carbons (Fsp3) is 0.219. The quantitative estimate of drug-likeness (QED) is 0.273. The number of benzene rings is 2. The van der Waals surface area contributed by atoms with Gasteiger partial charge in [0, 0.05) is 74.3 Å². The van der Waals surface area contributed by atoms with E-state index < -0.39 is 9.84 Å². The third-order valence-corrected chi connectivity index (χ3v) is 8.50. The summed E-state index contributed by atoms with van der Waals surface area (Å²) in [7, 11) is -3.43. The summed E-state index contributed by atoms with van der Waals surface area (Å²) in [5, 5.41) is 8.99. The maximum Gasteiger partial charge on any atom is 0.319 e. The van der Waals surface area contributed by atoms with Crippen molar-refractivity contribution in [2.45, 2.75) is 11.3 Å². The average molecular weight is 581 g/mol. The first kappa shape index (κ1) is 29.0. The van der Waals surface area contributed by atoms with Crippen LogP contribution in [0.2, 0.25) is 0 Å². The smallest absolute Gasteiger partial charge is 0.319 e. The maximum atomic E-state index is 12.9. The van der Waals surface area contributed by atoms with Crippen LogP contribution in [0.1, 0.15) is 16.7 Å². The molecule has 0 radical (unpaired) electrons. The molecule has 1 aliphatic heterocycles. The second-order valence-corrected chi connectivity index (χ2v) is 11.8. The predicted octanol–water partition coefficient (Wildman–Crippen LogP) is 3.54. The van der Waals surface area contributed by atoms with Crippen LogP contribution in [0, 0.1) is 11.8 Å². The lowest BCUT2D eigenvalue weighted by molar-refractivity contribution is 0.252. The molecule has 0 unspecified atom stereocenters. The van der Waals surface area contributed by atoms with Gasteiger partial charge < -0.3 is 16.0 Å². The van der Waals surface area contributed by atoms with E-state index in [4.69, 9.17) is 0 Å². The Labute approximate surface area is 246 Å². The topological polar surface area (TPSA) is 116 Å². The van der Waals surface area contributed by atoms with Crippen molar-refractivity contribution in [2.75, 3.05) is 43.9 Å². The summed E-state index contributed by atoms with van der Waals surface area (Å²) in [6.07, 6.45) is 7.61. The molecule has 0 aliphatic carbocycles. The summed E-state index contributed by atoms with van der Waals surface area (Å²) in [5.41, 5.74) is 4.87. The second kappa shape index (κ2) is 13.9. The zero-order valence-electron chi connectivity index (χ0n) is 23.1. The van der Waals surface area contributed by atoms with E-state index in [1.165, 1.54) is 0 Å². The average Bonchev–Trinajstić information content (AvgIpc) is 3.01. The van der Waals surface area contributed by atoms with E-state index in [0.717, 1.165) is 29.8 Å². The maximum absolute atomic E-state index is 12.9. The number of carbonyl (C=O) groups excluding carboxylic acids is 1. The minimum atomic E-state index is -3.43. The van der Waals surface area contributed by atoms with Gasteiger partial charge in [-0.15, -0.1) is 0 Å². The summed E-state index contributed by atoms with van der Waals surface area (Å²) in [4.78, 5) is 23.0. The number of aromatic nitrogens is 2. The Bertz CT molecular complexity index is 1660. The molecular formula is C32H32N6O3S. The Balaban J connectivity index is 1.30. The van der Waals surface area contributed by atoms with Crippen molar-refractivity contribution in [1.29, 1.82) is 0 Å². The molecule has 0 bridgehead atoms. The number of piperazine rings is 1. The molecule has 214 valence electrons. The Kier molecular flexibility index (Phi) is 9.56. The molecule has 9 nitrogen and oxygen atoms in total. The molecule has 2 aromatic heterocycles. The largest absolute Gasteiger partial charge is 0.338 e. The fourth-order valence-corrected chi connectivity index (χ4v) is 6.03. The molecule has 0 saturated carbocycles. The lowest BCUT2D eigenvalue weighted by Crippen LogP contribution is -2.45. The number of hydrogen-bond acceptors (Lipinski definition) is 7. The summed E-state index contributed by atoms with van der Waals surface area (Å²) in [6.45, 7) is 3.48. The first-order chi connectivity index (χ1) is 20.5. The minimum Gasteiger partial charge on any atom is -0.338 e. The first-order valence-electron chi connectivity index (χ1n) is 13.7. The number of anilines is 1. The Morgan fingerprint density at radius 1 is 0.929 bits per heavy atom. The Morgan fingerprint density at radius 2 is 1.71 bits per heavy atom. The van der Waals surface area contributed by atoms with Crippen molar-refractivity contribution in [3.8, 4) is 23.0 Å². The van der Waals surface area contributed by atoms with Crippen molar-refractivity contribution in [1.82, 2.24) is 25.5 Å². The van der Waals surface area contributed by atoms with Gasteiger partial charge in [0.1, 0.15) is 5.88 Å². The highest BCUT2D eigenvalue weighted by Crippen LogP contribution is 2.26. The molecule has 1 aliphatic rings. The van der Waals surface area contributed by atoms with Crippen molar-refractivity contribution < 1.29 is 13.2 Å². The highest BCUT2D eigenvalue weighted by Gasteiger charge is 2.20. The van der Waals surface area contributed by atoms with Crippen LogP contribution in [0.4, 0.5) is 10.5 Å². The molecule has 3 N–H and O–H groups in total. The van der Waals surface area contributed by atoms with Gasteiger partial charge in [0.15, 0.2) is 9.84 Å². The highest BCUT2D eigenvalue weighted by atomic mass is 32.2. The molecule has 3 heterocycles. The van der Waals surface area contributed by atoms with Gasteiger partial charge in [0.05, 0.1) is 4.90 Å². The Hall–Kier alpha value is -4.56. The molecular weight excluding hydrogens is 548 g/mol. The molecule has 1 fully saturated rings. The summed E-state index contributed by atoms with van der Waals surface area (Å²) in [6, 6.07) is 19.6. The van der Waals surface area contributed by atoms with Crippen LogP contribution in [-0.4, -0.2) is 67.9 Å². The normalized spacial score (nSPS) is 13.5. The minimum absolute atomic E-state index is 0.00578. The number of hydrogen-bond donors (Lipinski definition) is 3. The lowest BCUT2D eigenvalue weighted by Gasteiger charge is -2.26. The summed E-state index contributed by atoms with van der Waals surface area (Å²) >= 11 is 0. The van der Waals surface area contributed by atoms with Crippen LogP contribution >= 0.6 is 0 Å². The zero-order valence-corrected chi connectivity index (χ0v) is 23.9. The number of nitrogens with zero attached hydrogens (tertiary/aromatic N) is 3. The number of sulfone groups is 1. The molecule has 2 aromatic carbocycles. The van der Waals surface area contributed by atoms with Gasteiger partial charge >= 0.3 is 6.03 Å². The first-order valence-corrected chi connectivity index (χ1v) is 15.4. The number of pyridine rings is 2. The van der Waals surface area contributed by atoms with E-state index >= 15 is 0 Å². The number of nitrogens with one attached hydrogen (secondary N) is 3. The van der Waals surface area contributed by atoms with Gasteiger partial charge in [-0.05, 0) is 77.7 Å². The van der Waals surface area contributed by atoms with Gasteiger partial charge in [-0.3, -0.25) is 14.9 Å². The van der Waals surface area contributed by atoms with Gasteiger partial charge in [-0.2, -0.15) is 0 Å². The van der Waals surface area contributed by atoms with Crippen LogP contribution in [0.5, 0.6) is 0 Å². The Morgan fingerprint density at radius 3 is 2.45 bits per heavy atom. The molecule has 2 amide bonds. The van der Waals surface area contributed by atoms with Crippen LogP contribution < -0.4 is 16.0 Å². The highest BCUT2D eigenvalue weighted by molar-refractivity contribution is 7.91. The summed E-state index contributed by atoms with van der Waals surface area (Å²) < 4.78 is 25.8. The third-order valence-electron chi connectivity index (χ3n) is 6.81. The number of urea groups is 1.